The zero-order valence-corrected chi connectivity index (χ0v) is 24.9. The predicted octanol–water partition coefficient (Wildman–Crippen LogP) is 4.22. The van der Waals surface area contributed by atoms with Crippen LogP contribution in [0.5, 0.6) is 0 Å². The van der Waals surface area contributed by atoms with E-state index in [9.17, 15) is 14.7 Å². The molecule has 1 aromatic heterocycles. The summed E-state index contributed by atoms with van der Waals surface area (Å²) in [5.41, 5.74) is 6.19. The fourth-order valence-electron chi connectivity index (χ4n) is 6.15. The molecule has 0 bridgehead atoms. The summed E-state index contributed by atoms with van der Waals surface area (Å²) >= 11 is 0. The van der Waals surface area contributed by atoms with Crippen molar-refractivity contribution in [3.8, 4) is 11.1 Å². The molecule has 2 aliphatic rings. The van der Waals surface area contributed by atoms with Crippen molar-refractivity contribution in [2.75, 3.05) is 37.7 Å². The number of β-amino-alcohol motifs (C(OH)–C–C–N with tert-alkyl or cyclic N) is 1. The Bertz CT molecular complexity index is 1510. The van der Waals surface area contributed by atoms with Crippen molar-refractivity contribution < 1.29 is 19.0 Å². The molecule has 2 aliphatic heterocycles. The van der Waals surface area contributed by atoms with E-state index in [4.69, 9.17) is 4.74 Å². The van der Waals surface area contributed by atoms with Gasteiger partial charge in [-0.3, -0.25) is 14.5 Å². The number of aryl methyl sites for hydroxylation is 2. The predicted molar refractivity (Wildman–Crippen MR) is 162 cm³/mol. The van der Waals surface area contributed by atoms with Crippen LogP contribution < -0.4 is 15.8 Å². The normalized spacial score (nSPS) is 16.3. The van der Waals surface area contributed by atoms with E-state index in [-0.39, 0.29) is 36.0 Å². The van der Waals surface area contributed by atoms with Crippen LogP contribution >= 0.6 is 0 Å². The quantitative estimate of drug-likeness (QED) is 0.353. The molecule has 42 heavy (non-hydrogen) atoms. The van der Waals surface area contributed by atoms with Gasteiger partial charge in [0.05, 0.1) is 6.10 Å². The van der Waals surface area contributed by atoms with Crippen molar-refractivity contribution >= 4 is 11.6 Å². The van der Waals surface area contributed by atoms with Gasteiger partial charge in [0, 0.05) is 80.1 Å². The Balaban J connectivity index is 1.50. The lowest BCUT2D eigenvalue weighted by atomic mass is 9.94. The number of benzene rings is 2. The Kier molecular flexibility index (Phi) is 9.11. The third-order valence-corrected chi connectivity index (χ3v) is 8.54. The number of aromatic nitrogens is 1. The highest BCUT2D eigenvalue weighted by Crippen LogP contribution is 2.34. The maximum absolute atomic E-state index is 15.3. The third-order valence-electron chi connectivity index (χ3n) is 8.54. The Morgan fingerprint density at radius 1 is 1.12 bits per heavy atom. The Labute approximate surface area is 246 Å². The van der Waals surface area contributed by atoms with E-state index < -0.39 is 0 Å². The van der Waals surface area contributed by atoms with Crippen LogP contribution in [-0.4, -0.2) is 65.9 Å². The van der Waals surface area contributed by atoms with Gasteiger partial charge in [-0.2, -0.15) is 0 Å². The van der Waals surface area contributed by atoms with Gasteiger partial charge in [-0.05, 0) is 87.1 Å². The van der Waals surface area contributed by atoms with Gasteiger partial charge in [-0.1, -0.05) is 12.1 Å². The first kappa shape index (κ1) is 29.9. The van der Waals surface area contributed by atoms with E-state index in [1.807, 2.05) is 43.9 Å². The van der Waals surface area contributed by atoms with Gasteiger partial charge in [0.25, 0.3) is 11.5 Å². The number of aliphatic hydroxyl groups excluding tert-OH is 1. The highest BCUT2D eigenvalue weighted by Gasteiger charge is 2.27. The van der Waals surface area contributed by atoms with E-state index in [0.29, 0.717) is 55.1 Å². The lowest BCUT2D eigenvalue weighted by molar-refractivity contribution is -0.00342. The summed E-state index contributed by atoms with van der Waals surface area (Å²) in [5.74, 6) is -0.598. The van der Waals surface area contributed by atoms with Crippen molar-refractivity contribution in [2.24, 2.45) is 0 Å². The van der Waals surface area contributed by atoms with Crippen LogP contribution in [0.4, 0.5) is 10.1 Å². The minimum absolute atomic E-state index is 0.102. The number of anilines is 1. The van der Waals surface area contributed by atoms with Crippen LogP contribution in [0.2, 0.25) is 0 Å². The molecule has 2 aromatic carbocycles. The standard InChI is InChI=1S/C33H41FN4O4/c1-5-38(26-8-10-42-11-9-26)31-15-25(23-6-7-24(30(34)14-23)17-37-18-27(39)19-37)13-28(22(31)4)32(40)35-16-29-20(2)12-21(3)36-33(29)41/h6-7,12-15,26-27,39H,5,8-11,16-19H2,1-4H3,(H,35,40)(H,36,41). The minimum atomic E-state index is -0.339. The van der Waals surface area contributed by atoms with Gasteiger partial charge in [0.15, 0.2) is 0 Å². The number of amides is 1. The molecule has 0 aliphatic carbocycles. The van der Waals surface area contributed by atoms with Gasteiger partial charge in [0.1, 0.15) is 5.82 Å². The third kappa shape index (κ3) is 6.43. The average Bonchev–Trinajstić information content (AvgIpc) is 2.94. The van der Waals surface area contributed by atoms with Gasteiger partial charge in [0.2, 0.25) is 0 Å². The topological polar surface area (TPSA) is 97.9 Å². The molecule has 3 heterocycles. The average molecular weight is 577 g/mol. The molecule has 0 radical (unpaired) electrons. The second kappa shape index (κ2) is 12.8. The monoisotopic (exact) mass is 576 g/mol. The molecule has 3 N–H and O–H groups in total. The Hall–Kier alpha value is -3.53. The summed E-state index contributed by atoms with van der Waals surface area (Å²) in [6.45, 7) is 11.5. The molecule has 3 aromatic rings. The number of hydrogen-bond donors (Lipinski definition) is 3. The smallest absolute Gasteiger partial charge is 0.253 e. The molecule has 2 fully saturated rings. The second-order valence-electron chi connectivity index (χ2n) is 11.6. The van der Waals surface area contributed by atoms with Gasteiger partial charge in [-0.25, -0.2) is 4.39 Å². The lowest BCUT2D eigenvalue weighted by Crippen LogP contribution is -2.49. The van der Waals surface area contributed by atoms with E-state index in [1.165, 1.54) is 6.07 Å². The number of carbonyl (C=O) groups excluding carboxylic acids is 1. The van der Waals surface area contributed by atoms with Crippen LogP contribution in [0, 0.1) is 26.6 Å². The number of aliphatic hydroxyl groups is 1. The van der Waals surface area contributed by atoms with E-state index in [1.54, 1.807) is 6.07 Å². The summed E-state index contributed by atoms with van der Waals surface area (Å²) in [5, 5.41) is 12.5. The summed E-state index contributed by atoms with van der Waals surface area (Å²) < 4.78 is 20.9. The maximum Gasteiger partial charge on any atom is 0.253 e. The minimum Gasteiger partial charge on any atom is -0.390 e. The molecule has 9 heteroatoms. The fraction of sp³-hybridized carbons (Fsp3) is 0.455. The number of hydrogen-bond acceptors (Lipinski definition) is 6. The van der Waals surface area contributed by atoms with Crippen LogP contribution in [0.15, 0.2) is 41.2 Å². The molecule has 0 atom stereocenters. The number of pyridine rings is 1. The van der Waals surface area contributed by atoms with E-state index in [0.717, 1.165) is 47.5 Å². The largest absolute Gasteiger partial charge is 0.390 e. The molecule has 8 nitrogen and oxygen atoms in total. The van der Waals surface area contributed by atoms with E-state index in [2.05, 4.69) is 28.2 Å². The number of carbonyl (C=O) groups is 1. The molecule has 224 valence electrons. The molecule has 2 saturated heterocycles. The number of rotatable bonds is 9. The van der Waals surface area contributed by atoms with Crippen molar-refractivity contribution in [3.05, 3.63) is 86.1 Å². The number of likely N-dealkylation sites (tertiary alicyclic amines) is 1. The first-order valence-corrected chi connectivity index (χ1v) is 14.8. The molecule has 0 unspecified atom stereocenters. The van der Waals surface area contributed by atoms with Crippen LogP contribution in [0.25, 0.3) is 11.1 Å². The molecule has 0 saturated carbocycles. The van der Waals surface area contributed by atoms with Crippen molar-refractivity contribution in [1.29, 1.82) is 0 Å². The molecule has 5 rings (SSSR count). The first-order valence-electron chi connectivity index (χ1n) is 14.8. The van der Waals surface area contributed by atoms with Crippen molar-refractivity contribution in [1.82, 2.24) is 15.2 Å². The summed E-state index contributed by atoms with van der Waals surface area (Å²) in [7, 11) is 0. The van der Waals surface area contributed by atoms with Crippen LogP contribution in [0.3, 0.4) is 0 Å². The number of nitrogens with zero attached hydrogens (tertiary/aromatic N) is 2. The van der Waals surface area contributed by atoms with E-state index >= 15 is 4.39 Å². The zero-order valence-electron chi connectivity index (χ0n) is 24.9. The summed E-state index contributed by atoms with van der Waals surface area (Å²) in [6.07, 6.45) is 1.44. The molecule has 0 spiro atoms. The SMILES string of the molecule is CCN(c1cc(-c2ccc(CN3CC(O)C3)c(F)c2)cc(C(=O)NCc2c(C)cc(C)[nH]c2=O)c1C)C1CCOCC1. The molecular weight excluding hydrogens is 535 g/mol. The fourth-order valence-corrected chi connectivity index (χ4v) is 6.15. The number of H-pyrrole nitrogens is 1. The number of ether oxygens (including phenoxy) is 1. The zero-order chi connectivity index (χ0) is 30.0. The Morgan fingerprint density at radius 3 is 2.50 bits per heavy atom. The maximum atomic E-state index is 15.3. The van der Waals surface area contributed by atoms with Gasteiger partial charge < -0.3 is 25.0 Å². The summed E-state index contributed by atoms with van der Waals surface area (Å²) in [6, 6.07) is 11.2. The van der Waals surface area contributed by atoms with Gasteiger partial charge >= 0.3 is 0 Å². The highest BCUT2D eigenvalue weighted by molar-refractivity contribution is 5.99. The molecule has 1 amide bonds. The van der Waals surface area contributed by atoms with Crippen LogP contribution in [0.1, 0.15) is 58.1 Å². The van der Waals surface area contributed by atoms with Gasteiger partial charge in [-0.15, -0.1) is 0 Å². The number of halogens is 1. The lowest BCUT2D eigenvalue weighted by Gasteiger charge is -2.37. The second-order valence-corrected chi connectivity index (χ2v) is 11.6. The Morgan fingerprint density at radius 2 is 1.86 bits per heavy atom. The van der Waals surface area contributed by atoms with Crippen LogP contribution in [-0.2, 0) is 17.8 Å². The number of nitrogens with one attached hydrogen (secondary N) is 2. The first-order chi connectivity index (χ1) is 20.1. The highest BCUT2D eigenvalue weighted by atomic mass is 19.1. The molecular formula is C33H41FN4O4. The van der Waals surface area contributed by atoms with Crippen molar-refractivity contribution in [2.45, 2.75) is 65.8 Å². The van der Waals surface area contributed by atoms with Crippen molar-refractivity contribution in [3.63, 3.8) is 0 Å². The number of aromatic amines is 1. The summed E-state index contributed by atoms with van der Waals surface area (Å²) in [4.78, 5) is 33.4.